The molecule has 0 radical (unpaired) electrons. The van der Waals surface area contributed by atoms with E-state index in [4.69, 9.17) is 9.97 Å². The highest BCUT2D eigenvalue weighted by Crippen LogP contribution is 2.38. The highest BCUT2D eigenvalue weighted by atomic mass is 16.3. The Morgan fingerprint density at radius 2 is 2.11 bits per heavy atom. The van der Waals surface area contributed by atoms with Crippen molar-refractivity contribution in [2.45, 2.75) is 57.6 Å². The number of nitrogens with zero attached hydrogens (tertiary/aromatic N) is 3. The first-order valence-electron chi connectivity index (χ1n) is 7.40. The third-order valence-corrected chi connectivity index (χ3v) is 3.98. The van der Waals surface area contributed by atoms with Crippen LogP contribution < -0.4 is 0 Å². The van der Waals surface area contributed by atoms with Crippen molar-refractivity contribution in [1.82, 2.24) is 14.9 Å². The van der Waals surface area contributed by atoms with Crippen molar-refractivity contribution in [3.8, 4) is 0 Å². The Morgan fingerprint density at radius 3 is 2.68 bits per heavy atom. The first kappa shape index (κ1) is 13.0. The Hall–Kier alpha value is -1.00. The highest BCUT2D eigenvalue weighted by molar-refractivity contribution is 5.18. The number of aromatic nitrogens is 2. The molecular formula is C15H23N3O. The van der Waals surface area contributed by atoms with Gasteiger partial charge in [0.2, 0.25) is 0 Å². The number of aliphatic hydroxyl groups excluding tert-OH is 1. The molecule has 1 aromatic rings. The van der Waals surface area contributed by atoms with E-state index in [1.54, 1.807) is 0 Å². The van der Waals surface area contributed by atoms with Crippen molar-refractivity contribution in [2.24, 2.45) is 0 Å². The van der Waals surface area contributed by atoms with Crippen molar-refractivity contribution in [1.29, 1.82) is 0 Å². The topological polar surface area (TPSA) is 49.2 Å². The van der Waals surface area contributed by atoms with E-state index >= 15 is 0 Å². The Balaban J connectivity index is 1.79. The third-order valence-electron chi connectivity index (χ3n) is 3.98. The molecule has 0 amide bonds. The molecule has 104 valence electrons. The smallest absolute Gasteiger partial charge is 0.132 e. The molecule has 0 bridgehead atoms. The maximum Gasteiger partial charge on any atom is 0.132 e. The summed E-state index contributed by atoms with van der Waals surface area (Å²) in [5, 5.41) is 9.60. The van der Waals surface area contributed by atoms with E-state index in [0.29, 0.717) is 11.8 Å². The fourth-order valence-electron chi connectivity index (χ4n) is 2.63. The molecule has 0 spiro atoms. The second kappa shape index (κ2) is 5.17. The maximum absolute atomic E-state index is 9.60. The fourth-order valence-corrected chi connectivity index (χ4v) is 2.63. The van der Waals surface area contributed by atoms with Gasteiger partial charge >= 0.3 is 0 Å². The number of hydrogen-bond donors (Lipinski definition) is 1. The van der Waals surface area contributed by atoms with Gasteiger partial charge in [-0.1, -0.05) is 13.8 Å². The van der Waals surface area contributed by atoms with E-state index in [0.717, 1.165) is 43.3 Å². The molecular weight excluding hydrogens is 238 g/mol. The van der Waals surface area contributed by atoms with Crippen molar-refractivity contribution in [3.05, 3.63) is 23.3 Å². The van der Waals surface area contributed by atoms with E-state index in [1.165, 1.54) is 12.8 Å². The molecule has 0 aromatic carbocycles. The van der Waals surface area contributed by atoms with Gasteiger partial charge in [0.15, 0.2) is 0 Å². The number of rotatable bonds is 4. The Kier molecular flexibility index (Phi) is 3.54. The fraction of sp³-hybridized carbons (Fsp3) is 0.733. The van der Waals surface area contributed by atoms with Crippen LogP contribution in [0.4, 0.5) is 0 Å². The van der Waals surface area contributed by atoms with Crippen LogP contribution in [0.25, 0.3) is 0 Å². The summed E-state index contributed by atoms with van der Waals surface area (Å²) in [4.78, 5) is 11.7. The summed E-state index contributed by atoms with van der Waals surface area (Å²) in [6.45, 7) is 6.96. The predicted molar refractivity (Wildman–Crippen MR) is 74.0 cm³/mol. The van der Waals surface area contributed by atoms with Crippen LogP contribution in [0.2, 0.25) is 0 Å². The minimum Gasteiger partial charge on any atom is -0.392 e. The van der Waals surface area contributed by atoms with Crippen molar-refractivity contribution in [3.63, 3.8) is 0 Å². The Morgan fingerprint density at radius 1 is 1.32 bits per heavy atom. The van der Waals surface area contributed by atoms with Crippen LogP contribution in [0, 0.1) is 0 Å². The zero-order valence-electron chi connectivity index (χ0n) is 11.8. The molecule has 1 N–H and O–H groups in total. The summed E-state index contributed by atoms with van der Waals surface area (Å²) in [5.74, 6) is 2.09. The molecule has 4 nitrogen and oxygen atoms in total. The summed E-state index contributed by atoms with van der Waals surface area (Å²) in [6.07, 6.45) is 3.21. The number of likely N-dealkylation sites (tertiary alicyclic amines) is 1. The van der Waals surface area contributed by atoms with Crippen LogP contribution in [0.15, 0.2) is 6.07 Å². The van der Waals surface area contributed by atoms with Crippen LogP contribution in [0.1, 0.15) is 62.2 Å². The summed E-state index contributed by atoms with van der Waals surface area (Å²) in [7, 11) is 0. The van der Waals surface area contributed by atoms with E-state index in [1.807, 2.05) is 0 Å². The van der Waals surface area contributed by atoms with E-state index in [-0.39, 0.29) is 6.10 Å². The second-order valence-electron chi connectivity index (χ2n) is 6.25. The standard InChI is InChI=1S/C15H23N3O/c1-10(2)14-7-12(8-18-6-5-13(19)9-18)16-15(17-14)11-3-4-11/h7,10-11,13,19H,3-6,8-9H2,1-2H3. The van der Waals surface area contributed by atoms with Crippen molar-refractivity contribution in [2.75, 3.05) is 13.1 Å². The summed E-state index contributed by atoms with van der Waals surface area (Å²) in [5.41, 5.74) is 2.28. The van der Waals surface area contributed by atoms with Crippen LogP contribution in [-0.2, 0) is 6.54 Å². The summed E-state index contributed by atoms with van der Waals surface area (Å²) in [6, 6.07) is 2.14. The van der Waals surface area contributed by atoms with E-state index in [9.17, 15) is 5.11 Å². The Bertz CT molecular complexity index is 436. The molecule has 1 saturated carbocycles. The van der Waals surface area contributed by atoms with E-state index in [2.05, 4.69) is 24.8 Å². The van der Waals surface area contributed by atoms with Crippen molar-refractivity contribution >= 4 is 0 Å². The van der Waals surface area contributed by atoms with Crippen LogP contribution in [-0.4, -0.2) is 39.2 Å². The molecule has 4 heteroatoms. The predicted octanol–water partition coefficient (Wildman–Crippen LogP) is 2.04. The van der Waals surface area contributed by atoms with Crippen LogP contribution in [0.3, 0.4) is 0 Å². The summed E-state index contributed by atoms with van der Waals surface area (Å²) >= 11 is 0. The van der Waals surface area contributed by atoms with Gasteiger partial charge < -0.3 is 5.11 Å². The first-order valence-corrected chi connectivity index (χ1v) is 7.40. The lowest BCUT2D eigenvalue weighted by Crippen LogP contribution is -2.22. The van der Waals surface area contributed by atoms with Gasteiger partial charge in [-0.25, -0.2) is 9.97 Å². The highest BCUT2D eigenvalue weighted by Gasteiger charge is 2.28. The van der Waals surface area contributed by atoms with Crippen LogP contribution >= 0.6 is 0 Å². The largest absolute Gasteiger partial charge is 0.392 e. The molecule has 1 aliphatic carbocycles. The molecule has 1 aliphatic heterocycles. The normalized spacial score (nSPS) is 24.3. The van der Waals surface area contributed by atoms with Gasteiger partial charge in [-0.15, -0.1) is 0 Å². The van der Waals surface area contributed by atoms with Gasteiger partial charge in [-0.05, 0) is 31.2 Å². The molecule has 1 unspecified atom stereocenters. The van der Waals surface area contributed by atoms with Gasteiger partial charge in [0.05, 0.1) is 11.8 Å². The summed E-state index contributed by atoms with van der Waals surface area (Å²) < 4.78 is 0. The number of β-amino-alcohol motifs (C(OH)–C–C–N with tert-alkyl or cyclic N) is 1. The molecule has 19 heavy (non-hydrogen) atoms. The van der Waals surface area contributed by atoms with E-state index < -0.39 is 0 Å². The molecule has 1 aromatic heterocycles. The average Bonchev–Trinajstić information content (AvgIpc) is 3.14. The van der Waals surface area contributed by atoms with Gasteiger partial charge in [0.1, 0.15) is 5.82 Å². The van der Waals surface area contributed by atoms with Gasteiger partial charge in [0, 0.05) is 31.2 Å². The van der Waals surface area contributed by atoms with Crippen LogP contribution in [0.5, 0.6) is 0 Å². The minimum absolute atomic E-state index is 0.158. The first-order chi connectivity index (χ1) is 9.11. The zero-order valence-corrected chi connectivity index (χ0v) is 11.8. The number of aliphatic hydroxyl groups is 1. The second-order valence-corrected chi connectivity index (χ2v) is 6.25. The quantitative estimate of drug-likeness (QED) is 0.901. The zero-order chi connectivity index (χ0) is 13.4. The lowest BCUT2D eigenvalue weighted by Gasteiger charge is -2.16. The average molecular weight is 261 g/mol. The van der Waals surface area contributed by atoms with Gasteiger partial charge in [0.25, 0.3) is 0 Å². The molecule has 1 saturated heterocycles. The number of hydrogen-bond acceptors (Lipinski definition) is 4. The molecule has 2 aliphatic rings. The SMILES string of the molecule is CC(C)c1cc(CN2CCC(O)C2)nc(C2CC2)n1. The van der Waals surface area contributed by atoms with Gasteiger partial charge in [-0.2, -0.15) is 0 Å². The molecule has 3 rings (SSSR count). The molecule has 2 fully saturated rings. The maximum atomic E-state index is 9.60. The van der Waals surface area contributed by atoms with Gasteiger partial charge in [-0.3, -0.25) is 4.90 Å². The molecule has 2 heterocycles. The lowest BCUT2D eigenvalue weighted by molar-refractivity contribution is 0.174. The minimum atomic E-state index is -0.158. The monoisotopic (exact) mass is 261 g/mol. The van der Waals surface area contributed by atoms with Crippen molar-refractivity contribution < 1.29 is 5.11 Å². The molecule has 1 atom stereocenters. The Labute approximate surface area is 114 Å². The third kappa shape index (κ3) is 3.12. The lowest BCUT2D eigenvalue weighted by atomic mass is 10.1.